The maximum absolute atomic E-state index is 12.2. The Morgan fingerprint density at radius 2 is 1.79 bits per heavy atom. The molecule has 1 heterocycles. The van der Waals surface area contributed by atoms with E-state index in [1.807, 2.05) is 6.92 Å². The zero-order valence-corrected chi connectivity index (χ0v) is 22.2. The van der Waals surface area contributed by atoms with Crippen molar-refractivity contribution in [3.8, 4) is 17.2 Å². The fourth-order valence-electron chi connectivity index (χ4n) is 3.71. The number of benzene rings is 2. The molecule has 200 valence electrons. The van der Waals surface area contributed by atoms with Gasteiger partial charge < -0.3 is 30.6 Å². The second kappa shape index (κ2) is 13.0. The highest BCUT2D eigenvalue weighted by atomic mass is 35.5. The molecule has 0 fully saturated rings. The van der Waals surface area contributed by atoms with E-state index in [2.05, 4.69) is 21.4 Å². The van der Waals surface area contributed by atoms with Crippen molar-refractivity contribution in [2.45, 2.75) is 19.4 Å². The number of carbonyl (C=O) groups excluding carboxylic acids is 1. The van der Waals surface area contributed by atoms with Crippen LogP contribution in [0.3, 0.4) is 0 Å². The van der Waals surface area contributed by atoms with Crippen molar-refractivity contribution in [2.75, 3.05) is 38.5 Å². The van der Waals surface area contributed by atoms with Crippen LogP contribution in [-0.4, -0.2) is 45.2 Å². The summed E-state index contributed by atoms with van der Waals surface area (Å²) in [6.07, 6.45) is 2.96. The molecule has 0 spiro atoms. The lowest BCUT2D eigenvalue weighted by molar-refractivity contribution is 0.112. The van der Waals surface area contributed by atoms with E-state index in [0.717, 1.165) is 0 Å². The summed E-state index contributed by atoms with van der Waals surface area (Å²) >= 11 is 6.46. The predicted octanol–water partition coefficient (Wildman–Crippen LogP) is 4.25. The van der Waals surface area contributed by atoms with Crippen LogP contribution < -0.4 is 36.7 Å². The normalized spacial score (nSPS) is 11.4. The molecule has 10 nitrogen and oxygen atoms in total. The molecule has 4 rings (SSSR count). The van der Waals surface area contributed by atoms with Gasteiger partial charge in [-0.1, -0.05) is 11.6 Å². The van der Waals surface area contributed by atoms with Gasteiger partial charge in [0.1, 0.15) is 28.6 Å². The van der Waals surface area contributed by atoms with Crippen molar-refractivity contribution < 1.29 is 19.0 Å². The Kier molecular flexibility index (Phi) is 9.78. The smallest absolute Gasteiger partial charge is 0.253 e. The van der Waals surface area contributed by atoms with Gasteiger partial charge in [0.15, 0.2) is 6.29 Å². The van der Waals surface area contributed by atoms with Gasteiger partial charge in [-0.05, 0) is 44.7 Å². The Bertz CT molecular complexity index is 1500. The van der Waals surface area contributed by atoms with Crippen molar-refractivity contribution in [3.63, 3.8) is 0 Å². The molecule has 1 atom stereocenters. The summed E-state index contributed by atoms with van der Waals surface area (Å²) in [7, 11) is 4.58. The first-order chi connectivity index (χ1) is 18.4. The average Bonchev–Trinajstić information content (AvgIpc) is 2.94. The molecule has 0 aliphatic heterocycles. The fourth-order valence-corrected chi connectivity index (χ4v) is 3.92. The zero-order chi connectivity index (χ0) is 27.8. The van der Waals surface area contributed by atoms with Crippen LogP contribution in [0.25, 0.3) is 10.9 Å². The first kappa shape index (κ1) is 28.6. The molecule has 1 aromatic heterocycles. The molecular formula is C27H29ClN4O6. The minimum atomic E-state index is -0.613. The minimum Gasteiger partial charge on any atom is -0.496 e. The molecule has 0 saturated carbocycles. The van der Waals surface area contributed by atoms with E-state index in [4.69, 9.17) is 25.8 Å². The Hall–Kier alpha value is -3.99. The number of hydrogen-bond acceptors (Lipinski definition) is 10. The lowest BCUT2D eigenvalue weighted by atomic mass is 10.1. The molecule has 38 heavy (non-hydrogen) atoms. The van der Waals surface area contributed by atoms with Crippen LogP contribution in [0.2, 0.25) is 5.02 Å². The van der Waals surface area contributed by atoms with Gasteiger partial charge in [0.05, 0.1) is 28.9 Å². The lowest BCUT2D eigenvalue weighted by Crippen LogP contribution is -2.38. The molecule has 4 N–H and O–H groups in total. The van der Waals surface area contributed by atoms with Crippen molar-refractivity contribution >= 4 is 45.9 Å². The molecule has 3 aromatic carbocycles. The van der Waals surface area contributed by atoms with Crippen LogP contribution in [0.1, 0.15) is 23.7 Å². The molecule has 0 aliphatic carbocycles. The van der Waals surface area contributed by atoms with Gasteiger partial charge in [-0.3, -0.25) is 19.4 Å². The van der Waals surface area contributed by atoms with Crippen LogP contribution in [0, 0.1) is 0 Å². The number of halogens is 1. The first-order valence-electron chi connectivity index (χ1n) is 11.7. The number of rotatable bonds is 11. The predicted molar refractivity (Wildman–Crippen MR) is 150 cm³/mol. The summed E-state index contributed by atoms with van der Waals surface area (Å²) in [6, 6.07) is 9.83. The van der Waals surface area contributed by atoms with Crippen molar-refractivity contribution in [3.05, 3.63) is 73.6 Å². The molecule has 1 unspecified atom stereocenters. The van der Waals surface area contributed by atoms with Gasteiger partial charge in [-0.25, -0.2) is 0 Å². The number of aromatic nitrogens is 1. The Balaban J connectivity index is 0.00000195. The molecule has 11 heteroatoms. The van der Waals surface area contributed by atoms with E-state index in [0.29, 0.717) is 58.7 Å². The van der Waals surface area contributed by atoms with Crippen molar-refractivity contribution in [1.29, 1.82) is 0 Å². The molecule has 0 saturated heterocycles. The van der Waals surface area contributed by atoms with E-state index >= 15 is 0 Å². The Morgan fingerprint density at radius 3 is 2.45 bits per heavy atom. The third kappa shape index (κ3) is 6.10. The van der Waals surface area contributed by atoms with Gasteiger partial charge >= 0.3 is 0 Å². The lowest BCUT2D eigenvalue weighted by Gasteiger charge is -2.20. The van der Waals surface area contributed by atoms with Gasteiger partial charge in [-0.2, -0.15) is 0 Å². The van der Waals surface area contributed by atoms with Gasteiger partial charge in [-0.15, -0.1) is 0 Å². The highest BCUT2D eigenvalue weighted by Gasteiger charge is 2.23. The summed E-state index contributed by atoms with van der Waals surface area (Å²) in [4.78, 5) is 40.0. The van der Waals surface area contributed by atoms with E-state index in [9.17, 15) is 14.4 Å². The highest BCUT2D eigenvalue weighted by Crippen LogP contribution is 2.36. The largest absolute Gasteiger partial charge is 0.496 e. The summed E-state index contributed by atoms with van der Waals surface area (Å²) in [5, 5.41) is 6.92. The first-order valence-corrected chi connectivity index (χ1v) is 12.1. The molecule has 0 amide bonds. The SMILES string of the molecule is CN.COCCC(C)Nc1c(Nc2ccc(Oc3ccnc4cc(OC)c(C=O)cc34)cc2Cl)c(=O)c1=O. The van der Waals surface area contributed by atoms with Crippen molar-refractivity contribution in [2.24, 2.45) is 5.73 Å². The van der Waals surface area contributed by atoms with Gasteiger partial charge in [0.2, 0.25) is 0 Å². The Labute approximate surface area is 224 Å². The van der Waals surface area contributed by atoms with Crippen LogP contribution in [0.4, 0.5) is 17.1 Å². The second-order valence-corrected chi connectivity index (χ2v) is 8.55. The number of nitrogens with two attached hydrogens (primary N) is 1. The van der Waals surface area contributed by atoms with Crippen LogP contribution in [-0.2, 0) is 4.74 Å². The van der Waals surface area contributed by atoms with Crippen LogP contribution in [0.5, 0.6) is 17.2 Å². The fraction of sp³-hybridized carbons (Fsp3) is 0.259. The van der Waals surface area contributed by atoms with Gasteiger partial charge in [0.25, 0.3) is 10.9 Å². The molecule has 0 bridgehead atoms. The van der Waals surface area contributed by atoms with E-state index in [-0.39, 0.29) is 22.4 Å². The quantitative estimate of drug-likeness (QED) is 0.186. The summed E-state index contributed by atoms with van der Waals surface area (Å²) in [6.45, 7) is 2.42. The number of ether oxygens (including phenoxy) is 3. The zero-order valence-electron chi connectivity index (χ0n) is 21.5. The summed E-state index contributed by atoms with van der Waals surface area (Å²) in [5.74, 6) is 1.32. The highest BCUT2D eigenvalue weighted by molar-refractivity contribution is 6.33. The number of fused-ring (bicyclic) bond motifs is 1. The maximum atomic E-state index is 12.2. The number of pyridine rings is 1. The minimum absolute atomic E-state index is 0.0602. The monoisotopic (exact) mass is 540 g/mol. The average molecular weight is 541 g/mol. The van der Waals surface area contributed by atoms with E-state index in [1.54, 1.807) is 49.7 Å². The number of aldehydes is 1. The van der Waals surface area contributed by atoms with Gasteiger partial charge in [0, 0.05) is 43.5 Å². The topological polar surface area (TPSA) is 142 Å². The molecule has 4 aromatic rings. The third-order valence-electron chi connectivity index (χ3n) is 5.66. The Morgan fingerprint density at radius 1 is 1.05 bits per heavy atom. The summed E-state index contributed by atoms with van der Waals surface area (Å²) < 4.78 is 16.3. The third-order valence-corrected chi connectivity index (χ3v) is 5.98. The number of nitrogens with zero attached hydrogens (tertiary/aromatic N) is 1. The summed E-state index contributed by atoms with van der Waals surface area (Å²) in [5.41, 5.74) is 5.11. The maximum Gasteiger partial charge on any atom is 0.253 e. The number of nitrogens with one attached hydrogen (secondary N) is 2. The van der Waals surface area contributed by atoms with E-state index < -0.39 is 10.9 Å². The number of hydrogen-bond donors (Lipinski definition) is 3. The standard InChI is InChI=1S/C26H24ClN3O6.CH5N/c1-14(7-9-34-2)29-23-24(26(33)25(23)32)30-19-5-4-16(11-18(19)27)36-21-6-8-28-20-12-22(35-3)15(13-31)10-17(20)21;1-2/h4-6,8,10-14,29-30H,7,9H2,1-3H3;2H2,1H3. The molecular weight excluding hydrogens is 512 g/mol. The number of methoxy groups -OCH3 is 2. The van der Waals surface area contributed by atoms with E-state index in [1.165, 1.54) is 14.2 Å². The number of carbonyl (C=O) groups is 1. The molecule has 0 aliphatic rings. The number of anilines is 3. The van der Waals surface area contributed by atoms with Crippen LogP contribution >= 0.6 is 11.6 Å². The second-order valence-electron chi connectivity index (χ2n) is 8.14. The van der Waals surface area contributed by atoms with Crippen molar-refractivity contribution in [1.82, 2.24) is 4.98 Å². The molecule has 0 radical (unpaired) electrons. The van der Waals surface area contributed by atoms with Crippen LogP contribution in [0.15, 0.2) is 52.2 Å².